The summed E-state index contributed by atoms with van der Waals surface area (Å²) in [7, 11) is 5.71. The standard InChI is InChI=1S/C15H22N6O/c1-21(2)9-8-16-14-11-18-20-15(19-14)17-10-12-6-4-5-7-13(12)22-3/h4-7,11H,8-10H2,1-3H3,(H2,16,17,19,20). The number of methoxy groups -OCH3 is 1. The van der Waals surface area contributed by atoms with Crippen LogP contribution < -0.4 is 15.4 Å². The quantitative estimate of drug-likeness (QED) is 0.764. The van der Waals surface area contributed by atoms with Crippen molar-refractivity contribution in [2.45, 2.75) is 6.54 Å². The maximum Gasteiger partial charge on any atom is 0.244 e. The molecule has 7 heteroatoms. The van der Waals surface area contributed by atoms with E-state index in [1.54, 1.807) is 13.3 Å². The highest BCUT2D eigenvalue weighted by atomic mass is 16.5. The number of likely N-dealkylation sites (N-methyl/N-ethyl adjacent to an activating group) is 1. The van der Waals surface area contributed by atoms with Crippen molar-refractivity contribution in [2.75, 3.05) is 44.9 Å². The van der Waals surface area contributed by atoms with E-state index in [0.717, 1.165) is 24.4 Å². The van der Waals surface area contributed by atoms with Gasteiger partial charge in [0.05, 0.1) is 13.3 Å². The van der Waals surface area contributed by atoms with Crippen LogP contribution in [0.2, 0.25) is 0 Å². The third-order valence-corrected chi connectivity index (χ3v) is 3.05. The van der Waals surface area contributed by atoms with Gasteiger partial charge in [0.2, 0.25) is 5.95 Å². The molecule has 0 spiro atoms. The maximum atomic E-state index is 5.32. The lowest BCUT2D eigenvalue weighted by atomic mass is 10.2. The van der Waals surface area contributed by atoms with Crippen molar-refractivity contribution in [2.24, 2.45) is 0 Å². The number of hydrogen-bond acceptors (Lipinski definition) is 7. The molecular weight excluding hydrogens is 280 g/mol. The average molecular weight is 302 g/mol. The van der Waals surface area contributed by atoms with Crippen molar-refractivity contribution < 1.29 is 4.74 Å². The van der Waals surface area contributed by atoms with Gasteiger partial charge in [-0.1, -0.05) is 18.2 Å². The Morgan fingerprint density at radius 1 is 1.18 bits per heavy atom. The lowest BCUT2D eigenvalue weighted by Crippen LogP contribution is -2.21. The maximum absolute atomic E-state index is 5.32. The van der Waals surface area contributed by atoms with Gasteiger partial charge >= 0.3 is 0 Å². The minimum Gasteiger partial charge on any atom is -0.496 e. The van der Waals surface area contributed by atoms with Crippen LogP contribution >= 0.6 is 0 Å². The summed E-state index contributed by atoms with van der Waals surface area (Å²) in [5.74, 6) is 2.03. The second-order valence-electron chi connectivity index (χ2n) is 5.06. The number of rotatable bonds is 8. The van der Waals surface area contributed by atoms with E-state index in [1.807, 2.05) is 38.4 Å². The number of para-hydroxylation sites is 1. The van der Waals surface area contributed by atoms with E-state index in [1.165, 1.54) is 0 Å². The second-order valence-corrected chi connectivity index (χ2v) is 5.06. The van der Waals surface area contributed by atoms with E-state index in [0.29, 0.717) is 18.3 Å². The lowest BCUT2D eigenvalue weighted by Gasteiger charge is -2.11. The minimum atomic E-state index is 0.487. The average Bonchev–Trinajstić information content (AvgIpc) is 2.53. The van der Waals surface area contributed by atoms with Gasteiger partial charge in [0, 0.05) is 25.2 Å². The van der Waals surface area contributed by atoms with E-state index in [4.69, 9.17) is 4.74 Å². The van der Waals surface area contributed by atoms with E-state index in [9.17, 15) is 0 Å². The minimum absolute atomic E-state index is 0.487. The van der Waals surface area contributed by atoms with Crippen LogP contribution in [-0.2, 0) is 6.54 Å². The zero-order valence-electron chi connectivity index (χ0n) is 13.2. The van der Waals surface area contributed by atoms with Gasteiger partial charge in [-0.15, -0.1) is 5.10 Å². The highest BCUT2D eigenvalue weighted by Crippen LogP contribution is 2.18. The molecule has 0 radical (unpaired) electrons. The molecule has 0 aliphatic carbocycles. The fourth-order valence-electron chi connectivity index (χ4n) is 1.89. The highest BCUT2D eigenvalue weighted by Gasteiger charge is 2.04. The number of benzene rings is 1. The van der Waals surface area contributed by atoms with Crippen molar-refractivity contribution in [1.29, 1.82) is 0 Å². The highest BCUT2D eigenvalue weighted by molar-refractivity contribution is 5.39. The van der Waals surface area contributed by atoms with Gasteiger partial charge in [-0.05, 0) is 20.2 Å². The van der Waals surface area contributed by atoms with Crippen LogP contribution in [0.15, 0.2) is 30.5 Å². The van der Waals surface area contributed by atoms with Crippen molar-refractivity contribution in [1.82, 2.24) is 20.1 Å². The van der Waals surface area contributed by atoms with Gasteiger partial charge in [-0.3, -0.25) is 0 Å². The normalized spacial score (nSPS) is 10.5. The Morgan fingerprint density at radius 3 is 2.77 bits per heavy atom. The third-order valence-electron chi connectivity index (χ3n) is 3.05. The van der Waals surface area contributed by atoms with Crippen molar-refractivity contribution in [3.8, 4) is 5.75 Å². The summed E-state index contributed by atoms with van der Waals surface area (Å²) in [6.07, 6.45) is 1.62. The molecule has 22 heavy (non-hydrogen) atoms. The second kappa shape index (κ2) is 8.14. The number of ether oxygens (including phenoxy) is 1. The third kappa shape index (κ3) is 4.85. The van der Waals surface area contributed by atoms with Crippen LogP contribution in [0.3, 0.4) is 0 Å². The van der Waals surface area contributed by atoms with E-state index in [2.05, 4.69) is 30.7 Å². The van der Waals surface area contributed by atoms with Gasteiger partial charge in [0.25, 0.3) is 0 Å². The predicted octanol–water partition coefficient (Wildman–Crippen LogP) is 1.47. The molecule has 0 amide bonds. The zero-order valence-corrected chi connectivity index (χ0v) is 13.2. The summed E-state index contributed by atoms with van der Waals surface area (Å²) in [6, 6.07) is 7.83. The molecule has 7 nitrogen and oxygen atoms in total. The monoisotopic (exact) mass is 302 g/mol. The first-order valence-corrected chi connectivity index (χ1v) is 7.13. The van der Waals surface area contributed by atoms with Crippen LogP contribution in [0, 0.1) is 0 Å². The number of anilines is 2. The first-order chi connectivity index (χ1) is 10.7. The van der Waals surface area contributed by atoms with Crippen LogP contribution in [0.4, 0.5) is 11.8 Å². The Morgan fingerprint density at radius 2 is 2.00 bits per heavy atom. The van der Waals surface area contributed by atoms with Crippen molar-refractivity contribution in [3.05, 3.63) is 36.0 Å². The molecule has 1 aromatic heterocycles. The Balaban J connectivity index is 1.92. The Bertz CT molecular complexity index is 590. The number of nitrogens with one attached hydrogen (secondary N) is 2. The summed E-state index contributed by atoms with van der Waals surface area (Å²) in [5.41, 5.74) is 1.04. The summed E-state index contributed by atoms with van der Waals surface area (Å²) >= 11 is 0. The summed E-state index contributed by atoms with van der Waals surface area (Å²) < 4.78 is 5.32. The molecular formula is C15H22N6O. The van der Waals surface area contributed by atoms with Crippen LogP contribution in [0.1, 0.15) is 5.56 Å². The molecule has 0 saturated heterocycles. The molecule has 0 aliphatic heterocycles. The zero-order chi connectivity index (χ0) is 15.8. The summed E-state index contributed by atoms with van der Waals surface area (Å²) in [4.78, 5) is 6.48. The van der Waals surface area contributed by atoms with Gasteiger partial charge in [-0.25, -0.2) is 0 Å². The molecule has 118 valence electrons. The number of hydrogen-bond donors (Lipinski definition) is 2. The molecule has 0 atom stereocenters. The van der Waals surface area contributed by atoms with E-state index < -0.39 is 0 Å². The summed E-state index contributed by atoms with van der Waals surface area (Å²) in [5, 5.41) is 14.3. The first kappa shape index (κ1) is 16.0. The molecule has 0 unspecified atom stereocenters. The van der Waals surface area contributed by atoms with Crippen LogP contribution in [0.25, 0.3) is 0 Å². The number of aromatic nitrogens is 3. The van der Waals surface area contributed by atoms with Gasteiger partial charge in [0.1, 0.15) is 5.75 Å². The van der Waals surface area contributed by atoms with Gasteiger partial charge in [-0.2, -0.15) is 10.1 Å². The molecule has 1 aromatic carbocycles. The lowest BCUT2D eigenvalue weighted by molar-refractivity contribution is 0.410. The number of nitrogens with zero attached hydrogens (tertiary/aromatic N) is 4. The predicted molar refractivity (Wildman–Crippen MR) is 87.2 cm³/mol. The largest absolute Gasteiger partial charge is 0.496 e. The molecule has 1 heterocycles. The molecule has 0 aliphatic rings. The first-order valence-electron chi connectivity index (χ1n) is 7.13. The molecule has 2 aromatic rings. The molecule has 2 N–H and O–H groups in total. The Kier molecular flexibility index (Phi) is 5.91. The molecule has 0 bridgehead atoms. The van der Waals surface area contributed by atoms with Crippen LogP contribution in [-0.4, -0.2) is 54.4 Å². The molecule has 0 saturated carbocycles. The summed E-state index contributed by atoms with van der Waals surface area (Å²) in [6.45, 7) is 2.30. The fraction of sp³-hybridized carbons (Fsp3) is 0.400. The van der Waals surface area contributed by atoms with Crippen LogP contribution in [0.5, 0.6) is 5.75 Å². The molecule has 0 fully saturated rings. The van der Waals surface area contributed by atoms with E-state index in [-0.39, 0.29) is 0 Å². The fourth-order valence-corrected chi connectivity index (χ4v) is 1.89. The van der Waals surface area contributed by atoms with Gasteiger partial charge in [0.15, 0.2) is 5.82 Å². The Labute approximate surface area is 130 Å². The van der Waals surface area contributed by atoms with Crippen molar-refractivity contribution in [3.63, 3.8) is 0 Å². The van der Waals surface area contributed by atoms with Crippen molar-refractivity contribution >= 4 is 11.8 Å². The van der Waals surface area contributed by atoms with E-state index >= 15 is 0 Å². The SMILES string of the molecule is COc1ccccc1CNc1nncc(NCCN(C)C)n1. The smallest absolute Gasteiger partial charge is 0.244 e. The molecule has 2 rings (SSSR count). The topological polar surface area (TPSA) is 75.2 Å². The Hall–Kier alpha value is -2.41. The van der Waals surface area contributed by atoms with Gasteiger partial charge < -0.3 is 20.3 Å².